The fraction of sp³-hybridized carbons (Fsp3) is 0.714. The highest BCUT2D eigenvalue weighted by atomic mass is 32.1. The van der Waals surface area contributed by atoms with E-state index in [2.05, 4.69) is 10.3 Å². The maximum Gasteiger partial charge on any atom is 0.357 e. The number of carbonyl (C=O) groups is 1. The van der Waals surface area contributed by atoms with Gasteiger partial charge in [0.05, 0.1) is 11.6 Å². The second-order valence-corrected chi connectivity index (χ2v) is 5.83. The van der Waals surface area contributed by atoms with Crippen molar-refractivity contribution in [2.75, 3.05) is 13.2 Å². The van der Waals surface area contributed by atoms with E-state index in [4.69, 9.17) is 4.74 Å². The second-order valence-electron chi connectivity index (χ2n) is 4.89. The first-order valence-corrected chi connectivity index (χ1v) is 8.02. The fourth-order valence-electron chi connectivity index (χ4n) is 2.41. The van der Waals surface area contributed by atoms with E-state index in [1.165, 1.54) is 43.4 Å². The summed E-state index contributed by atoms with van der Waals surface area (Å²) in [6.07, 6.45) is 7.57. The zero-order valence-electron chi connectivity index (χ0n) is 11.5. The highest BCUT2D eigenvalue weighted by molar-refractivity contribution is 7.09. The third kappa shape index (κ3) is 4.58. The van der Waals surface area contributed by atoms with Gasteiger partial charge in [0.25, 0.3) is 0 Å². The Balaban J connectivity index is 1.72. The van der Waals surface area contributed by atoms with E-state index in [9.17, 15) is 4.79 Å². The van der Waals surface area contributed by atoms with Gasteiger partial charge in [0.2, 0.25) is 0 Å². The van der Waals surface area contributed by atoms with Crippen LogP contribution in [0.3, 0.4) is 0 Å². The highest BCUT2D eigenvalue weighted by Crippen LogP contribution is 2.17. The molecule has 1 saturated carbocycles. The minimum absolute atomic E-state index is 0.315. The van der Waals surface area contributed by atoms with E-state index in [0.29, 0.717) is 18.3 Å². The number of hydrogen-bond donors (Lipinski definition) is 1. The molecular weight excluding hydrogens is 260 g/mol. The van der Waals surface area contributed by atoms with Crippen LogP contribution in [-0.2, 0) is 11.2 Å². The molecule has 1 fully saturated rings. The van der Waals surface area contributed by atoms with E-state index in [-0.39, 0.29) is 5.97 Å². The summed E-state index contributed by atoms with van der Waals surface area (Å²) in [5, 5.41) is 6.38. The van der Waals surface area contributed by atoms with Gasteiger partial charge in [-0.15, -0.1) is 11.3 Å². The van der Waals surface area contributed by atoms with Crippen molar-refractivity contribution in [3.63, 3.8) is 0 Å². The lowest BCUT2D eigenvalue weighted by Gasteiger charge is -2.22. The van der Waals surface area contributed by atoms with Crippen LogP contribution in [0.5, 0.6) is 0 Å². The first-order chi connectivity index (χ1) is 9.29. The number of carbonyl (C=O) groups excluding carboxylic acids is 1. The largest absolute Gasteiger partial charge is 0.461 e. The minimum atomic E-state index is -0.315. The lowest BCUT2D eigenvalue weighted by molar-refractivity contribution is 0.0520. The minimum Gasteiger partial charge on any atom is -0.461 e. The van der Waals surface area contributed by atoms with Gasteiger partial charge in [-0.1, -0.05) is 19.3 Å². The summed E-state index contributed by atoms with van der Waals surface area (Å²) in [6.45, 7) is 3.15. The Hall–Kier alpha value is -0.940. The molecule has 1 heterocycles. The summed E-state index contributed by atoms with van der Waals surface area (Å²) in [5.74, 6) is -0.315. The average Bonchev–Trinajstić information content (AvgIpc) is 2.89. The number of nitrogens with one attached hydrogen (secondary N) is 1. The van der Waals surface area contributed by atoms with Gasteiger partial charge in [0, 0.05) is 24.4 Å². The van der Waals surface area contributed by atoms with Crippen molar-refractivity contribution in [2.24, 2.45) is 0 Å². The lowest BCUT2D eigenvalue weighted by Crippen LogP contribution is -2.32. The molecule has 1 aromatic rings. The Kier molecular flexibility index (Phi) is 5.79. The van der Waals surface area contributed by atoms with Gasteiger partial charge in [-0.05, 0) is 19.8 Å². The van der Waals surface area contributed by atoms with Crippen molar-refractivity contribution < 1.29 is 9.53 Å². The van der Waals surface area contributed by atoms with Crippen molar-refractivity contribution in [3.05, 3.63) is 16.1 Å². The predicted molar refractivity (Wildman–Crippen MR) is 76.7 cm³/mol. The molecule has 1 aliphatic rings. The third-order valence-electron chi connectivity index (χ3n) is 3.41. The molecular formula is C14H22N2O2S. The molecule has 0 amide bonds. The molecule has 0 aromatic carbocycles. The summed E-state index contributed by atoms with van der Waals surface area (Å²) >= 11 is 1.54. The maximum absolute atomic E-state index is 11.5. The quantitative estimate of drug-likeness (QED) is 0.815. The van der Waals surface area contributed by atoms with Crippen LogP contribution in [0.4, 0.5) is 0 Å². The normalized spacial score (nSPS) is 16.5. The predicted octanol–water partition coefficient (Wildman–Crippen LogP) is 2.78. The summed E-state index contributed by atoms with van der Waals surface area (Å²) < 4.78 is 4.93. The molecule has 4 nitrogen and oxygen atoms in total. The van der Waals surface area contributed by atoms with Gasteiger partial charge < -0.3 is 10.1 Å². The van der Waals surface area contributed by atoms with Crippen molar-refractivity contribution in [1.82, 2.24) is 10.3 Å². The first kappa shape index (κ1) is 14.5. The van der Waals surface area contributed by atoms with E-state index in [1.54, 1.807) is 12.3 Å². The summed E-state index contributed by atoms with van der Waals surface area (Å²) in [5.41, 5.74) is 0.444. The number of rotatable bonds is 6. The van der Waals surface area contributed by atoms with Gasteiger partial charge in [-0.3, -0.25) is 0 Å². The van der Waals surface area contributed by atoms with Gasteiger partial charge in [0.15, 0.2) is 5.69 Å². The molecule has 1 aliphatic carbocycles. The van der Waals surface area contributed by atoms with Gasteiger partial charge in [0.1, 0.15) is 0 Å². The number of thiazole rings is 1. The molecule has 0 spiro atoms. The van der Waals surface area contributed by atoms with Crippen molar-refractivity contribution >= 4 is 17.3 Å². The van der Waals surface area contributed by atoms with Gasteiger partial charge in [-0.25, -0.2) is 9.78 Å². The molecule has 19 heavy (non-hydrogen) atoms. The van der Waals surface area contributed by atoms with E-state index < -0.39 is 0 Å². The molecule has 0 bridgehead atoms. The Morgan fingerprint density at radius 3 is 3.00 bits per heavy atom. The van der Waals surface area contributed by atoms with Crippen molar-refractivity contribution in [3.8, 4) is 0 Å². The van der Waals surface area contributed by atoms with E-state index >= 15 is 0 Å². The van der Waals surface area contributed by atoms with Crippen LogP contribution in [0.15, 0.2) is 5.38 Å². The Bertz CT molecular complexity index is 400. The molecule has 0 radical (unpaired) electrons. The molecule has 1 aromatic heterocycles. The third-order valence-corrected chi connectivity index (χ3v) is 4.32. The zero-order valence-corrected chi connectivity index (χ0v) is 12.3. The molecule has 0 atom stereocenters. The van der Waals surface area contributed by atoms with Crippen LogP contribution in [-0.4, -0.2) is 30.1 Å². The smallest absolute Gasteiger partial charge is 0.357 e. The first-order valence-electron chi connectivity index (χ1n) is 7.14. The van der Waals surface area contributed by atoms with Gasteiger partial charge in [-0.2, -0.15) is 0 Å². The van der Waals surface area contributed by atoms with Crippen LogP contribution in [0.1, 0.15) is 54.5 Å². The maximum atomic E-state index is 11.5. The molecule has 0 aliphatic heterocycles. The summed E-state index contributed by atoms with van der Waals surface area (Å²) in [4.78, 5) is 15.8. The van der Waals surface area contributed by atoms with Crippen molar-refractivity contribution in [1.29, 1.82) is 0 Å². The zero-order chi connectivity index (χ0) is 13.5. The second kappa shape index (κ2) is 7.60. The Morgan fingerprint density at radius 2 is 2.26 bits per heavy atom. The van der Waals surface area contributed by atoms with Gasteiger partial charge >= 0.3 is 5.97 Å². The Labute approximate surface area is 118 Å². The fourth-order valence-corrected chi connectivity index (χ4v) is 3.18. The lowest BCUT2D eigenvalue weighted by atomic mass is 9.95. The molecule has 1 N–H and O–H groups in total. The summed E-state index contributed by atoms with van der Waals surface area (Å²) in [6, 6.07) is 0.679. The molecule has 2 rings (SSSR count). The molecule has 5 heteroatoms. The average molecular weight is 282 g/mol. The van der Waals surface area contributed by atoms with Crippen molar-refractivity contribution in [2.45, 2.75) is 51.5 Å². The molecule has 0 unspecified atom stereocenters. The standard InChI is InChI=1S/C14H22N2O2S/c1-2-18-14(17)12-10-19-13(16-12)8-9-15-11-6-4-3-5-7-11/h10-11,15H,2-9H2,1H3. The van der Waals surface area contributed by atoms with Crippen LogP contribution < -0.4 is 5.32 Å². The molecule has 106 valence electrons. The van der Waals surface area contributed by atoms with E-state index in [0.717, 1.165) is 18.0 Å². The number of aromatic nitrogens is 1. The number of esters is 1. The Morgan fingerprint density at radius 1 is 1.47 bits per heavy atom. The highest BCUT2D eigenvalue weighted by Gasteiger charge is 2.14. The van der Waals surface area contributed by atoms with Crippen LogP contribution in [0.25, 0.3) is 0 Å². The monoisotopic (exact) mass is 282 g/mol. The molecule has 0 saturated heterocycles. The van der Waals surface area contributed by atoms with Crippen LogP contribution in [0.2, 0.25) is 0 Å². The number of ether oxygens (including phenoxy) is 1. The van der Waals surface area contributed by atoms with Crippen LogP contribution >= 0.6 is 11.3 Å². The summed E-state index contributed by atoms with van der Waals surface area (Å²) in [7, 11) is 0. The number of nitrogens with zero attached hydrogens (tertiary/aromatic N) is 1. The topological polar surface area (TPSA) is 51.2 Å². The van der Waals surface area contributed by atoms with E-state index in [1.807, 2.05) is 0 Å². The number of hydrogen-bond acceptors (Lipinski definition) is 5. The van der Waals surface area contributed by atoms with Crippen LogP contribution in [0, 0.1) is 0 Å². The SMILES string of the molecule is CCOC(=O)c1csc(CCNC2CCCCC2)n1.